The Morgan fingerprint density at radius 3 is 2.59 bits per heavy atom. The molecular formula is C25H17Cl2FN4O2. The Morgan fingerprint density at radius 1 is 1.12 bits per heavy atom. The van der Waals surface area contributed by atoms with E-state index in [9.17, 15) is 9.18 Å². The number of nitrogens with one attached hydrogen (secondary N) is 1. The topological polar surface area (TPSA) is 85.9 Å². The average Bonchev–Trinajstić information content (AvgIpc) is 3.39. The Kier molecular flexibility index (Phi) is 5.51. The number of nitrogens with two attached hydrogens (primary N) is 1. The van der Waals surface area contributed by atoms with Gasteiger partial charge in [0, 0.05) is 22.3 Å². The van der Waals surface area contributed by atoms with Crippen LogP contribution in [-0.4, -0.2) is 27.6 Å². The average molecular weight is 495 g/mol. The summed E-state index contributed by atoms with van der Waals surface area (Å²) in [6.07, 6.45) is 1.74. The number of nitrogens with zero attached hydrogens (tertiary/aromatic N) is 2. The van der Waals surface area contributed by atoms with E-state index < -0.39 is 11.7 Å². The van der Waals surface area contributed by atoms with Crippen LogP contribution in [0.5, 0.6) is 5.75 Å². The zero-order chi connectivity index (χ0) is 24.0. The SMILES string of the molecule is COc1ccc(C(N)=O)cc1-c1nc2c(-c3ccc(Cl)cc3)n(-c3cccc(Cl)c3F)cc2[nH]1. The highest BCUT2D eigenvalue weighted by atomic mass is 35.5. The molecule has 6 nitrogen and oxygen atoms in total. The fourth-order valence-electron chi connectivity index (χ4n) is 3.89. The third-order valence-corrected chi connectivity index (χ3v) is 6.05. The zero-order valence-electron chi connectivity index (χ0n) is 17.8. The monoisotopic (exact) mass is 494 g/mol. The summed E-state index contributed by atoms with van der Waals surface area (Å²) >= 11 is 12.1. The van der Waals surface area contributed by atoms with Gasteiger partial charge in [0.1, 0.15) is 17.1 Å². The van der Waals surface area contributed by atoms with E-state index in [1.807, 2.05) is 12.1 Å². The number of aromatic nitrogens is 3. The summed E-state index contributed by atoms with van der Waals surface area (Å²) in [7, 11) is 1.53. The second-order valence-electron chi connectivity index (χ2n) is 7.55. The lowest BCUT2D eigenvalue weighted by molar-refractivity contribution is 0.100. The Balaban J connectivity index is 1.77. The predicted molar refractivity (Wildman–Crippen MR) is 131 cm³/mol. The molecule has 0 aliphatic heterocycles. The van der Waals surface area contributed by atoms with Gasteiger partial charge >= 0.3 is 0 Å². The zero-order valence-corrected chi connectivity index (χ0v) is 19.3. The van der Waals surface area contributed by atoms with E-state index in [0.29, 0.717) is 44.5 Å². The van der Waals surface area contributed by atoms with Crippen molar-refractivity contribution in [1.82, 2.24) is 14.5 Å². The van der Waals surface area contributed by atoms with Crippen LogP contribution in [0.2, 0.25) is 10.0 Å². The first-order chi connectivity index (χ1) is 16.4. The van der Waals surface area contributed by atoms with Crippen molar-refractivity contribution in [2.45, 2.75) is 0 Å². The van der Waals surface area contributed by atoms with Gasteiger partial charge in [0.25, 0.3) is 0 Å². The lowest BCUT2D eigenvalue weighted by atomic mass is 10.1. The van der Waals surface area contributed by atoms with Gasteiger partial charge < -0.3 is 20.0 Å². The van der Waals surface area contributed by atoms with Crippen molar-refractivity contribution in [2.75, 3.05) is 7.11 Å². The smallest absolute Gasteiger partial charge is 0.248 e. The van der Waals surface area contributed by atoms with E-state index >= 15 is 0 Å². The fourth-order valence-corrected chi connectivity index (χ4v) is 4.19. The number of imidazole rings is 1. The van der Waals surface area contributed by atoms with Crippen LogP contribution < -0.4 is 10.5 Å². The highest BCUT2D eigenvalue weighted by Gasteiger charge is 2.21. The summed E-state index contributed by atoms with van der Waals surface area (Å²) in [5, 5.41) is 0.585. The predicted octanol–water partition coefficient (Wildman–Crippen LogP) is 6.24. The van der Waals surface area contributed by atoms with Gasteiger partial charge in [0.05, 0.1) is 34.6 Å². The molecule has 0 aliphatic rings. The summed E-state index contributed by atoms with van der Waals surface area (Å²) in [5.41, 5.74) is 9.27. The molecule has 0 fully saturated rings. The van der Waals surface area contributed by atoms with Crippen LogP contribution in [0.25, 0.3) is 39.4 Å². The fraction of sp³-hybridized carbons (Fsp3) is 0.0400. The van der Waals surface area contributed by atoms with Crippen LogP contribution in [0.15, 0.2) is 66.9 Å². The van der Waals surface area contributed by atoms with Crippen LogP contribution in [-0.2, 0) is 0 Å². The van der Waals surface area contributed by atoms with Gasteiger partial charge in [-0.05, 0) is 42.5 Å². The molecule has 3 N–H and O–H groups in total. The minimum Gasteiger partial charge on any atom is -0.496 e. The van der Waals surface area contributed by atoms with Gasteiger partial charge in [-0.25, -0.2) is 9.37 Å². The maximum absolute atomic E-state index is 15.0. The maximum atomic E-state index is 15.0. The standard InChI is InChI=1S/C25H17Cl2FN4O2/c1-34-20-10-7-14(24(29)33)11-16(20)25-30-18-12-32(19-4-2-3-17(27)21(19)28)23(22(18)31-25)13-5-8-15(26)9-6-13/h2-12H,1H3,(H2,29,33)(H,30,31). The molecule has 0 radical (unpaired) electrons. The summed E-state index contributed by atoms with van der Waals surface area (Å²) in [4.78, 5) is 19.8. The number of ether oxygens (including phenoxy) is 1. The number of hydrogen-bond acceptors (Lipinski definition) is 3. The summed E-state index contributed by atoms with van der Waals surface area (Å²) in [6.45, 7) is 0. The molecule has 0 saturated heterocycles. The van der Waals surface area contributed by atoms with Crippen LogP contribution in [0, 0.1) is 5.82 Å². The first kappa shape index (κ1) is 22.0. The van der Waals surface area contributed by atoms with Gasteiger partial charge in [0.15, 0.2) is 5.82 Å². The minimum absolute atomic E-state index is 0.0126. The highest BCUT2D eigenvalue weighted by Crippen LogP contribution is 2.37. The Morgan fingerprint density at radius 2 is 1.88 bits per heavy atom. The highest BCUT2D eigenvalue weighted by molar-refractivity contribution is 6.31. The molecule has 3 aromatic carbocycles. The number of hydrogen-bond donors (Lipinski definition) is 2. The molecule has 5 rings (SSSR count). The molecule has 0 bridgehead atoms. The van der Waals surface area contributed by atoms with Crippen molar-refractivity contribution in [2.24, 2.45) is 5.73 Å². The second-order valence-corrected chi connectivity index (χ2v) is 8.40. The molecule has 170 valence electrons. The number of amides is 1. The number of benzene rings is 3. The lowest BCUT2D eigenvalue weighted by Gasteiger charge is -2.12. The molecule has 0 unspecified atom stereocenters. The third kappa shape index (κ3) is 3.69. The van der Waals surface area contributed by atoms with Crippen molar-refractivity contribution in [3.05, 3.63) is 88.3 Å². The van der Waals surface area contributed by atoms with Gasteiger partial charge in [-0.15, -0.1) is 0 Å². The van der Waals surface area contributed by atoms with Gasteiger partial charge in [0.2, 0.25) is 5.91 Å². The lowest BCUT2D eigenvalue weighted by Crippen LogP contribution is -2.11. The Hall–Kier alpha value is -3.81. The molecule has 0 atom stereocenters. The first-order valence-electron chi connectivity index (χ1n) is 10.2. The molecule has 0 spiro atoms. The number of carbonyl (C=O) groups is 1. The molecule has 1 amide bonds. The Bertz CT molecular complexity index is 1560. The van der Waals surface area contributed by atoms with Gasteiger partial charge in [-0.1, -0.05) is 41.4 Å². The summed E-state index contributed by atoms with van der Waals surface area (Å²) in [6, 6.07) is 16.8. The first-order valence-corrected chi connectivity index (χ1v) is 10.9. The number of aromatic amines is 1. The maximum Gasteiger partial charge on any atom is 0.248 e. The van der Waals surface area contributed by atoms with E-state index in [1.54, 1.807) is 53.2 Å². The van der Waals surface area contributed by atoms with Crippen LogP contribution in [0.1, 0.15) is 10.4 Å². The van der Waals surface area contributed by atoms with Crippen LogP contribution in [0.3, 0.4) is 0 Å². The molecule has 0 aliphatic carbocycles. The minimum atomic E-state index is -0.564. The second kappa shape index (κ2) is 8.52. The molecule has 0 saturated carbocycles. The van der Waals surface area contributed by atoms with E-state index in [1.165, 1.54) is 13.2 Å². The van der Waals surface area contributed by atoms with Crippen molar-refractivity contribution >= 4 is 40.1 Å². The molecule has 5 aromatic rings. The normalized spacial score (nSPS) is 11.2. The molecule has 9 heteroatoms. The van der Waals surface area contributed by atoms with Gasteiger partial charge in [-0.3, -0.25) is 4.79 Å². The Labute approximate surface area is 203 Å². The van der Waals surface area contributed by atoms with E-state index in [-0.39, 0.29) is 10.7 Å². The molecule has 2 heterocycles. The number of fused-ring (bicyclic) bond motifs is 1. The van der Waals surface area contributed by atoms with Crippen LogP contribution >= 0.6 is 23.2 Å². The van der Waals surface area contributed by atoms with Gasteiger partial charge in [-0.2, -0.15) is 0 Å². The van der Waals surface area contributed by atoms with Crippen molar-refractivity contribution < 1.29 is 13.9 Å². The molecular weight excluding hydrogens is 478 g/mol. The van der Waals surface area contributed by atoms with Crippen molar-refractivity contribution in [3.8, 4) is 34.1 Å². The van der Waals surface area contributed by atoms with Crippen LogP contribution in [0.4, 0.5) is 4.39 Å². The van der Waals surface area contributed by atoms with E-state index in [0.717, 1.165) is 5.56 Å². The van der Waals surface area contributed by atoms with E-state index in [4.69, 9.17) is 38.7 Å². The summed E-state index contributed by atoms with van der Waals surface area (Å²) < 4.78 is 22.1. The number of H-pyrrole nitrogens is 1. The van der Waals surface area contributed by atoms with Crippen molar-refractivity contribution in [3.63, 3.8) is 0 Å². The number of halogens is 3. The number of rotatable bonds is 5. The largest absolute Gasteiger partial charge is 0.496 e. The summed E-state index contributed by atoms with van der Waals surface area (Å²) in [5.74, 6) is -0.124. The molecule has 34 heavy (non-hydrogen) atoms. The quantitative estimate of drug-likeness (QED) is 0.303. The number of carbonyl (C=O) groups excluding carboxylic acids is 1. The number of primary amides is 1. The van der Waals surface area contributed by atoms with E-state index in [2.05, 4.69) is 4.98 Å². The third-order valence-electron chi connectivity index (χ3n) is 5.50. The van der Waals surface area contributed by atoms with Crippen molar-refractivity contribution in [1.29, 1.82) is 0 Å². The molecule has 2 aromatic heterocycles. The number of methoxy groups -OCH3 is 1.